The predicted molar refractivity (Wildman–Crippen MR) is 127 cm³/mol. The molecule has 2 amide bonds. The molecule has 1 aliphatic rings. The molecule has 0 N–H and O–H groups in total. The van der Waals surface area contributed by atoms with E-state index in [4.69, 9.17) is 25.8 Å². The largest absolute Gasteiger partial charge is 0.490 e. The molecule has 1 heterocycles. The molecular formula is C24H24ClNO6S. The van der Waals surface area contributed by atoms with Crippen LogP contribution in [0.5, 0.6) is 11.5 Å². The average Bonchev–Trinajstić information content (AvgIpc) is 3.00. The molecule has 3 rings (SSSR count). The topological polar surface area (TPSA) is 82.1 Å². The first kappa shape index (κ1) is 24.7. The van der Waals surface area contributed by atoms with Gasteiger partial charge in [0.2, 0.25) is 0 Å². The third kappa shape index (κ3) is 6.76. The Kier molecular flexibility index (Phi) is 8.41. The molecule has 33 heavy (non-hydrogen) atoms. The molecule has 0 bridgehead atoms. The van der Waals surface area contributed by atoms with Crippen LogP contribution >= 0.6 is 23.4 Å². The summed E-state index contributed by atoms with van der Waals surface area (Å²) in [6.07, 6.45) is 1.26. The van der Waals surface area contributed by atoms with E-state index in [1.54, 1.807) is 44.2 Å². The number of hydrogen-bond acceptors (Lipinski definition) is 7. The van der Waals surface area contributed by atoms with Crippen molar-refractivity contribution in [3.05, 3.63) is 63.5 Å². The zero-order valence-electron chi connectivity index (χ0n) is 18.5. The fourth-order valence-electron chi connectivity index (χ4n) is 3.01. The van der Waals surface area contributed by atoms with E-state index in [1.165, 1.54) is 0 Å². The first-order valence-corrected chi connectivity index (χ1v) is 11.5. The zero-order chi connectivity index (χ0) is 24.0. The van der Waals surface area contributed by atoms with E-state index in [0.717, 1.165) is 22.2 Å². The summed E-state index contributed by atoms with van der Waals surface area (Å²) in [6, 6.07) is 12.6. The molecule has 0 radical (unpaired) electrons. The molecule has 2 aromatic rings. The quantitative estimate of drug-likeness (QED) is 0.349. The number of esters is 1. The van der Waals surface area contributed by atoms with Crippen LogP contribution in [0.25, 0.3) is 6.08 Å². The van der Waals surface area contributed by atoms with Gasteiger partial charge in [0.25, 0.3) is 11.1 Å². The Bertz CT molecular complexity index is 1080. The molecule has 0 saturated carbocycles. The van der Waals surface area contributed by atoms with E-state index in [-0.39, 0.29) is 11.0 Å². The Morgan fingerprint density at radius 1 is 1.12 bits per heavy atom. The normalized spacial score (nSPS) is 14.8. The second kappa shape index (κ2) is 11.2. The second-order valence-corrected chi connectivity index (χ2v) is 8.79. The number of halogens is 1. The third-order valence-corrected chi connectivity index (χ3v) is 5.52. The maximum atomic E-state index is 12.6. The fraction of sp³-hybridized carbons (Fsp3) is 0.292. The van der Waals surface area contributed by atoms with Crippen LogP contribution in [-0.2, 0) is 20.9 Å². The summed E-state index contributed by atoms with van der Waals surface area (Å²) in [5, 5.41) is 0.112. The minimum Gasteiger partial charge on any atom is -0.490 e. The number of rotatable bonds is 9. The minimum absolute atomic E-state index is 0.215. The monoisotopic (exact) mass is 489 g/mol. The minimum atomic E-state index is -0.631. The van der Waals surface area contributed by atoms with Crippen LogP contribution in [0.2, 0.25) is 5.02 Å². The third-order valence-electron chi connectivity index (χ3n) is 4.38. The van der Waals surface area contributed by atoms with Crippen molar-refractivity contribution in [2.45, 2.75) is 33.5 Å². The molecule has 0 atom stereocenters. The van der Waals surface area contributed by atoms with Gasteiger partial charge in [0.05, 0.1) is 17.6 Å². The van der Waals surface area contributed by atoms with Crippen molar-refractivity contribution in [1.29, 1.82) is 0 Å². The second-order valence-electron chi connectivity index (χ2n) is 7.36. The molecule has 1 fully saturated rings. The van der Waals surface area contributed by atoms with Gasteiger partial charge in [-0.1, -0.05) is 29.8 Å². The Morgan fingerprint density at radius 2 is 1.91 bits per heavy atom. The Hall–Kier alpha value is -2.97. The van der Waals surface area contributed by atoms with Crippen molar-refractivity contribution >= 4 is 46.6 Å². The highest BCUT2D eigenvalue weighted by atomic mass is 35.5. The van der Waals surface area contributed by atoms with Gasteiger partial charge < -0.3 is 14.2 Å². The molecule has 0 aromatic heterocycles. The summed E-state index contributed by atoms with van der Waals surface area (Å²) >= 11 is 6.80. The number of hydrogen-bond donors (Lipinski definition) is 0. The van der Waals surface area contributed by atoms with Crippen LogP contribution in [0.15, 0.2) is 47.4 Å². The number of imide groups is 1. The van der Waals surface area contributed by atoms with Crippen LogP contribution in [0.1, 0.15) is 31.9 Å². The lowest BCUT2D eigenvalue weighted by Gasteiger charge is -2.13. The van der Waals surface area contributed by atoms with Gasteiger partial charge in [-0.05, 0) is 74.0 Å². The highest BCUT2D eigenvalue weighted by molar-refractivity contribution is 8.18. The van der Waals surface area contributed by atoms with E-state index in [9.17, 15) is 14.4 Å². The number of nitrogens with zero attached hydrogens (tertiary/aromatic N) is 1. The van der Waals surface area contributed by atoms with E-state index in [1.807, 2.05) is 25.1 Å². The summed E-state index contributed by atoms with van der Waals surface area (Å²) in [7, 11) is 0. The van der Waals surface area contributed by atoms with Crippen molar-refractivity contribution in [2.24, 2.45) is 0 Å². The fourth-order valence-corrected chi connectivity index (χ4v) is 4.06. The molecular weight excluding hydrogens is 466 g/mol. The lowest BCUT2D eigenvalue weighted by Crippen LogP contribution is -2.35. The van der Waals surface area contributed by atoms with E-state index in [2.05, 4.69) is 0 Å². The maximum absolute atomic E-state index is 12.6. The van der Waals surface area contributed by atoms with E-state index < -0.39 is 23.7 Å². The molecule has 1 aliphatic heterocycles. The van der Waals surface area contributed by atoms with E-state index >= 15 is 0 Å². The molecule has 0 aliphatic carbocycles. The van der Waals surface area contributed by atoms with Gasteiger partial charge in [-0.2, -0.15) is 0 Å². The number of ether oxygens (including phenoxy) is 3. The predicted octanol–water partition coefficient (Wildman–Crippen LogP) is 5.31. The number of carbonyl (C=O) groups excluding carboxylic acids is 3. The van der Waals surface area contributed by atoms with Gasteiger partial charge in [0, 0.05) is 5.02 Å². The van der Waals surface area contributed by atoms with Crippen molar-refractivity contribution in [1.82, 2.24) is 4.90 Å². The molecule has 1 saturated heterocycles. The molecule has 9 heteroatoms. The van der Waals surface area contributed by atoms with E-state index in [0.29, 0.717) is 35.3 Å². The highest BCUT2D eigenvalue weighted by Crippen LogP contribution is 2.35. The molecule has 174 valence electrons. The van der Waals surface area contributed by atoms with Crippen LogP contribution in [0.3, 0.4) is 0 Å². The van der Waals surface area contributed by atoms with Gasteiger partial charge in [-0.15, -0.1) is 0 Å². The Balaban J connectivity index is 1.74. The van der Waals surface area contributed by atoms with Gasteiger partial charge >= 0.3 is 5.97 Å². The van der Waals surface area contributed by atoms with Gasteiger partial charge in [-0.3, -0.25) is 19.3 Å². The van der Waals surface area contributed by atoms with Crippen LogP contribution in [-0.4, -0.2) is 41.3 Å². The highest BCUT2D eigenvalue weighted by Gasteiger charge is 2.36. The van der Waals surface area contributed by atoms with Crippen molar-refractivity contribution in [2.75, 3.05) is 13.2 Å². The molecule has 7 nitrogen and oxygen atoms in total. The molecule has 2 aromatic carbocycles. The van der Waals surface area contributed by atoms with Crippen LogP contribution < -0.4 is 9.47 Å². The number of benzene rings is 2. The lowest BCUT2D eigenvalue weighted by atomic mass is 10.1. The number of carbonyl (C=O) groups is 3. The van der Waals surface area contributed by atoms with Gasteiger partial charge in [0.15, 0.2) is 11.5 Å². The Labute approximate surface area is 201 Å². The summed E-state index contributed by atoms with van der Waals surface area (Å²) in [6.45, 7) is 5.57. The molecule has 0 spiro atoms. The van der Waals surface area contributed by atoms with Crippen molar-refractivity contribution < 1.29 is 28.6 Å². The van der Waals surface area contributed by atoms with Crippen LogP contribution in [0.4, 0.5) is 4.79 Å². The first-order chi connectivity index (χ1) is 15.8. The standard InChI is InChI=1S/C24H24ClNO6S/c1-4-30-20-11-16(8-9-19(20)31-14-17-6-5-7-18(25)10-17)12-21-23(28)26(24(29)33-21)13-22(27)32-15(2)3/h5-12,15H,4,13-14H2,1-3H3/b21-12-. The Morgan fingerprint density at radius 3 is 2.61 bits per heavy atom. The van der Waals surface area contributed by atoms with Gasteiger partial charge in [-0.25, -0.2) is 0 Å². The van der Waals surface area contributed by atoms with Gasteiger partial charge in [0.1, 0.15) is 13.2 Å². The summed E-state index contributed by atoms with van der Waals surface area (Å²) in [4.78, 5) is 37.9. The summed E-state index contributed by atoms with van der Waals surface area (Å²) < 4.78 is 16.6. The average molecular weight is 490 g/mol. The lowest BCUT2D eigenvalue weighted by molar-refractivity contribution is -0.149. The van der Waals surface area contributed by atoms with Crippen LogP contribution in [0, 0.1) is 0 Å². The smallest absolute Gasteiger partial charge is 0.326 e. The maximum Gasteiger partial charge on any atom is 0.326 e. The number of amides is 2. The molecule has 0 unspecified atom stereocenters. The van der Waals surface area contributed by atoms with Crippen molar-refractivity contribution in [3.8, 4) is 11.5 Å². The summed E-state index contributed by atoms with van der Waals surface area (Å²) in [5.74, 6) is -0.120. The summed E-state index contributed by atoms with van der Waals surface area (Å²) in [5.41, 5.74) is 1.57. The zero-order valence-corrected chi connectivity index (χ0v) is 20.1. The van der Waals surface area contributed by atoms with Crippen molar-refractivity contribution in [3.63, 3.8) is 0 Å². The SMILES string of the molecule is CCOc1cc(/C=C2\SC(=O)N(CC(=O)OC(C)C)C2=O)ccc1OCc1cccc(Cl)c1. The number of thioether (sulfide) groups is 1. The first-order valence-electron chi connectivity index (χ1n) is 10.4.